The smallest absolute Gasteiger partial charge is 0.234 e. The van der Waals surface area contributed by atoms with Gasteiger partial charge in [0.15, 0.2) is 0 Å². The molecule has 2 rings (SSSR count). The number of aryl methyl sites for hydroxylation is 1. The molecule has 3 nitrogen and oxygen atoms in total. The molecule has 0 bridgehead atoms. The van der Waals surface area contributed by atoms with Crippen molar-refractivity contribution in [1.82, 2.24) is 10.6 Å². The van der Waals surface area contributed by atoms with Crippen molar-refractivity contribution in [1.29, 1.82) is 0 Å². The maximum atomic E-state index is 12.0. The van der Waals surface area contributed by atoms with E-state index >= 15 is 0 Å². The molecule has 0 spiro atoms. The van der Waals surface area contributed by atoms with Crippen molar-refractivity contribution < 1.29 is 4.79 Å². The Hall–Kier alpha value is -1.35. The van der Waals surface area contributed by atoms with Crippen molar-refractivity contribution >= 4 is 5.91 Å². The summed E-state index contributed by atoms with van der Waals surface area (Å²) in [5, 5.41) is 6.44. The molecule has 1 fully saturated rings. The van der Waals surface area contributed by atoms with Gasteiger partial charge in [-0.15, -0.1) is 0 Å². The monoisotopic (exact) mass is 288 g/mol. The Labute approximate surface area is 128 Å². The molecule has 3 heteroatoms. The van der Waals surface area contributed by atoms with E-state index in [-0.39, 0.29) is 5.91 Å². The highest BCUT2D eigenvalue weighted by Gasteiger charge is 2.20. The number of carbonyl (C=O) groups is 1. The SMILES string of the molecule is CCCC(CCc1ccccc1)NC(=O)CNCC1CC1. The molecule has 1 aromatic carbocycles. The van der Waals surface area contributed by atoms with Crippen LogP contribution in [0.4, 0.5) is 0 Å². The molecule has 116 valence electrons. The molecule has 0 saturated heterocycles. The zero-order valence-corrected chi connectivity index (χ0v) is 13.1. The lowest BCUT2D eigenvalue weighted by atomic mass is 10.0. The Bertz CT molecular complexity index is 414. The summed E-state index contributed by atoms with van der Waals surface area (Å²) in [7, 11) is 0. The predicted molar refractivity (Wildman–Crippen MR) is 87.2 cm³/mol. The van der Waals surface area contributed by atoms with Gasteiger partial charge >= 0.3 is 0 Å². The summed E-state index contributed by atoms with van der Waals surface area (Å²) >= 11 is 0. The highest BCUT2D eigenvalue weighted by atomic mass is 16.1. The van der Waals surface area contributed by atoms with E-state index in [0.717, 1.165) is 38.1 Å². The molecule has 1 atom stereocenters. The van der Waals surface area contributed by atoms with Crippen LogP contribution in [0.3, 0.4) is 0 Å². The summed E-state index contributed by atoms with van der Waals surface area (Å²) < 4.78 is 0. The quantitative estimate of drug-likeness (QED) is 0.695. The molecule has 21 heavy (non-hydrogen) atoms. The third-order valence-corrected chi connectivity index (χ3v) is 4.04. The molecule has 0 aliphatic heterocycles. The minimum Gasteiger partial charge on any atom is -0.352 e. The fraction of sp³-hybridized carbons (Fsp3) is 0.611. The number of amides is 1. The second-order valence-corrected chi connectivity index (χ2v) is 6.15. The maximum absolute atomic E-state index is 12.0. The van der Waals surface area contributed by atoms with Gasteiger partial charge in [0.05, 0.1) is 6.54 Å². The first-order chi connectivity index (χ1) is 10.3. The van der Waals surface area contributed by atoms with E-state index in [9.17, 15) is 4.79 Å². The summed E-state index contributed by atoms with van der Waals surface area (Å²) in [6.45, 7) is 3.63. The topological polar surface area (TPSA) is 41.1 Å². The van der Waals surface area contributed by atoms with Crippen molar-refractivity contribution in [2.24, 2.45) is 5.92 Å². The Morgan fingerprint density at radius 3 is 2.67 bits per heavy atom. The van der Waals surface area contributed by atoms with Crippen LogP contribution >= 0.6 is 0 Å². The number of benzene rings is 1. The van der Waals surface area contributed by atoms with Crippen molar-refractivity contribution in [3.05, 3.63) is 35.9 Å². The summed E-state index contributed by atoms with van der Waals surface area (Å²) in [5.74, 6) is 0.962. The average molecular weight is 288 g/mol. The zero-order chi connectivity index (χ0) is 14.9. The third kappa shape index (κ3) is 6.76. The van der Waals surface area contributed by atoms with Crippen LogP contribution in [0.15, 0.2) is 30.3 Å². The van der Waals surface area contributed by atoms with Gasteiger partial charge in [0, 0.05) is 6.04 Å². The largest absolute Gasteiger partial charge is 0.352 e. The van der Waals surface area contributed by atoms with E-state index < -0.39 is 0 Å². The summed E-state index contributed by atoms with van der Waals surface area (Å²) in [6, 6.07) is 10.8. The van der Waals surface area contributed by atoms with E-state index in [0.29, 0.717) is 12.6 Å². The van der Waals surface area contributed by atoms with E-state index in [1.807, 2.05) is 6.07 Å². The molecule has 1 aliphatic carbocycles. The molecule has 1 amide bonds. The van der Waals surface area contributed by atoms with Crippen LogP contribution in [0.5, 0.6) is 0 Å². The Kier molecular flexibility index (Phi) is 6.74. The Balaban J connectivity index is 1.68. The van der Waals surface area contributed by atoms with Gasteiger partial charge in [0.2, 0.25) is 5.91 Å². The first-order valence-electron chi connectivity index (χ1n) is 8.32. The van der Waals surface area contributed by atoms with Gasteiger partial charge < -0.3 is 10.6 Å². The molecule has 0 radical (unpaired) electrons. The van der Waals surface area contributed by atoms with Crippen molar-refractivity contribution in [3.63, 3.8) is 0 Å². The van der Waals surface area contributed by atoms with Gasteiger partial charge in [-0.05, 0) is 50.1 Å². The van der Waals surface area contributed by atoms with E-state index in [4.69, 9.17) is 0 Å². The van der Waals surface area contributed by atoms with Crippen LogP contribution in [0.25, 0.3) is 0 Å². The van der Waals surface area contributed by atoms with Crippen LogP contribution in [-0.2, 0) is 11.2 Å². The minimum absolute atomic E-state index is 0.141. The lowest BCUT2D eigenvalue weighted by molar-refractivity contribution is -0.121. The fourth-order valence-electron chi connectivity index (χ4n) is 2.61. The minimum atomic E-state index is 0.141. The fourth-order valence-corrected chi connectivity index (χ4v) is 2.61. The van der Waals surface area contributed by atoms with E-state index in [2.05, 4.69) is 41.8 Å². The number of nitrogens with one attached hydrogen (secondary N) is 2. The molecule has 2 N–H and O–H groups in total. The zero-order valence-electron chi connectivity index (χ0n) is 13.1. The molecule has 1 saturated carbocycles. The van der Waals surface area contributed by atoms with Crippen LogP contribution in [0.2, 0.25) is 0 Å². The van der Waals surface area contributed by atoms with Crippen LogP contribution < -0.4 is 10.6 Å². The number of hydrogen-bond donors (Lipinski definition) is 2. The molecule has 1 unspecified atom stereocenters. The first kappa shape index (κ1) is 16.0. The van der Waals surface area contributed by atoms with Gasteiger partial charge in [-0.2, -0.15) is 0 Å². The average Bonchev–Trinajstić information content (AvgIpc) is 3.30. The number of rotatable bonds is 10. The van der Waals surface area contributed by atoms with Gasteiger partial charge in [0.25, 0.3) is 0 Å². The third-order valence-electron chi connectivity index (χ3n) is 4.04. The Morgan fingerprint density at radius 1 is 1.24 bits per heavy atom. The molecule has 0 aromatic heterocycles. The molecular formula is C18H28N2O. The Morgan fingerprint density at radius 2 is 2.00 bits per heavy atom. The standard InChI is InChI=1S/C18H28N2O/c1-2-6-17(12-11-15-7-4-3-5-8-15)20-18(21)14-19-13-16-9-10-16/h3-5,7-8,16-17,19H,2,6,9-14H2,1H3,(H,20,21). The summed E-state index contributed by atoms with van der Waals surface area (Å²) in [6.07, 6.45) is 6.86. The van der Waals surface area contributed by atoms with Crippen molar-refractivity contribution in [3.8, 4) is 0 Å². The van der Waals surface area contributed by atoms with Gasteiger partial charge in [-0.3, -0.25) is 4.79 Å². The second kappa shape index (κ2) is 8.83. The van der Waals surface area contributed by atoms with Crippen molar-refractivity contribution in [2.75, 3.05) is 13.1 Å². The lowest BCUT2D eigenvalue weighted by Crippen LogP contribution is -2.41. The lowest BCUT2D eigenvalue weighted by Gasteiger charge is -2.18. The maximum Gasteiger partial charge on any atom is 0.234 e. The van der Waals surface area contributed by atoms with Gasteiger partial charge in [-0.25, -0.2) is 0 Å². The molecule has 1 aromatic rings. The number of hydrogen-bond acceptors (Lipinski definition) is 2. The van der Waals surface area contributed by atoms with Gasteiger partial charge in [-0.1, -0.05) is 43.7 Å². The van der Waals surface area contributed by atoms with E-state index in [1.54, 1.807) is 0 Å². The highest BCUT2D eigenvalue weighted by Crippen LogP contribution is 2.27. The van der Waals surface area contributed by atoms with Crippen LogP contribution in [-0.4, -0.2) is 25.0 Å². The van der Waals surface area contributed by atoms with Crippen molar-refractivity contribution in [2.45, 2.75) is 51.5 Å². The molecular weight excluding hydrogens is 260 g/mol. The molecule has 1 aliphatic rings. The second-order valence-electron chi connectivity index (χ2n) is 6.15. The first-order valence-corrected chi connectivity index (χ1v) is 8.32. The van der Waals surface area contributed by atoms with E-state index in [1.165, 1.54) is 18.4 Å². The number of carbonyl (C=O) groups excluding carboxylic acids is 1. The highest BCUT2D eigenvalue weighted by molar-refractivity contribution is 5.78. The van der Waals surface area contributed by atoms with Crippen LogP contribution in [0, 0.1) is 5.92 Å². The van der Waals surface area contributed by atoms with Gasteiger partial charge in [0.1, 0.15) is 0 Å². The van der Waals surface area contributed by atoms with Crippen LogP contribution in [0.1, 0.15) is 44.6 Å². The molecule has 0 heterocycles. The predicted octanol–water partition coefficient (Wildman–Crippen LogP) is 2.90. The summed E-state index contributed by atoms with van der Waals surface area (Å²) in [4.78, 5) is 12.0. The summed E-state index contributed by atoms with van der Waals surface area (Å²) in [5.41, 5.74) is 1.35. The normalized spacial score (nSPS) is 15.7.